The molecule has 0 unspecified atom stereocenters. The topological polar surface area (TPSA) is 23.6 Å². The van der Waals surface area contributed by atoms with Crippen molar-refractivity contribution in [2.75, 3.05) is 39.1 Å². The maximum absolute atomic E-state index is 11.9. The average molecular weight is 233 g/mol. The summed E-state index contributed by atoms with van der Waals surface area (Å²) in [4.78, 5) is 15.9. The first-order valence-electron chi connectivity index (χ1n) is 5.76. The molecule has 0 bridgehead atoms. The van der Waals surface area contributed by atoms with Crippen molar-refractivity contribution in [3.05, 3.63) is 0 Å². The second-order valence-electron chi connectivity index (χ2n) is 4.22. The Morgan fingerprint density at radius 1 is 1.27 bits per heavy atom. The SMILES string of the molecule is CN(CCCl)CC(=O)N1CCCCCC1. The number of hydrogen-bond donors (Lipinski definition) is 0. The number of amides is 1. The van der Waals surface area contributed by atoms with E-state index in [0.29, 0.717) is 12.4 Å². The van der Waals surface area contributed by atoms with Gasteiger partial charge >= 0.3 is 0 Å². The Morgan fingerprint density at radius 3 is 2.40 bits per heavy atom. The van der Waals surface area contributed by atoms with Gasteiger partial charge in [-0.2, -0.15) is 0 Å². The monoisotopic (exact) mass is 232 g/mol. The number of halogens is 1. The van der Waals surface area contributed by atoms with Crippen LogP contribution in [0.15, 0.2) is 0 Å². The first-order chi connectivity index (χ1) is 7.24. The van der Waals surface area contributed by atoms with Gasteiger partial charge < -0.3 is 4.90 Å². The van der Waals surface area contributed by atoms with Gasteiger partial charge in [0.2, 0.25) is 5.91 Å². The Morgan fingerprint density at radius 2 is 1.87 bits per heavy atom. The number of nitrogens with zero attached hydrogens (tertiary/aromatic N) is 2. The van der Waals surface area contributed by atoms with Gasteiger partial charge in [0.25, 0.3) is 0 Å². The lowest BCUT2D eigenvalue weighted by Gasteiger charge is -2.23. The molecular formula is C11H21ClN2O. The third-order valence-corrected chi connectivity index (χ3v) is 3.00. The summed E-state index contributed by atoms with van der Waals surface area (Å²) in [7, 11) is 1.94. The molecule has 1 fully saturated rings. The van der Waals surface area contributed by atoms with Crippen LogP contribution in [0.1, 0.15) is 25.7 Å². The average Bonchev–Trinajstić information content (AvgIpc) is 2.45. The molecule has 0 saturated carbocycles. The lowest BCUT2D eigenvalue weighted by atomic mass is 10.2. The molecule has 0 N–H and O–H groups in total. The first-order valence-corrected chi connectivity index (χ1v) is 6.30. The van der Waals surface area contributed by atoms with Crippen molar-refractivity contribution in [2.24, 2.45) is 0 Å². The van der Waals surface area contributed by atoms with Gasteiger partial charge in [-0.3, -0.25) is 9.69 Å². The number of hydrogen-bond acceptors (Lipinski definition) is 2. The van der Waals surface area contributed by atoms with Crippen molar-refractivity contribution < 1.29 is 4.79 Å². The van der Waals surface area contributed by atoms with Gasteiger partial charge in [0, 0.05) is 25.5 Å². The maximum Gasteiger partial charge on any atom is 0.236 e. The number of likely N-dealkylation sites (N-methyl/N-ethyl adjacent to an activating group) is 1. The summed E-state index contributed by atoms with van der Waals surface area (Å²) in [6.45, 7) is 3.16. The minimum Gasteiger partial charge on any atom is -0.342 e. The van der Waals surface area contributed by atoms with E-state index in [1.165, 1.54) is 12.8 Å². The summed E-state index contributed by atoms with van der Waals surface area (Å²) in [5.74, 6) is 0.841. The molecule has 1 rings (SSSR count). The van der Waals surface area contributed by atoms with Crippen LogP contribution in [0.4, 0.5) is 0 Å². The van der Waals surface area contributed by atoms with E-state index in [9.17, 15) is 4.79 Å². The van der Waals surface area contributed by atoms with Crippen LogP contribution in [0, 0.1) is 0 Å². The summed E-state index contributed by atoms with van der Waals surface area (Å²) in [5.41, 5.74) is 0. The summed E-state index contributed by atoms with van der Waals surface area (Å²) >= 11 is 5.63. The third-order valence-electron chi connectivity index (χ3n) is 2.83. The molecule has 0 aromatic rings. The standard InChI is InChI=1S/C11H21ClN2O/c1-13(9-6-12)10-11(15)14-7-4-2-3-5-8-14/h2-10H2,1H3. The molecule has 3 nitrogen and oxygen atoms in total. The van der Waals surface area contributed by atoms with Crippen LogP contribution in [-0.2, 0) is 4.79 Å². The third kappa shape index (κ3) is 4.85. The van der Waals surface area contributed by atoms with E-state index >= 15 is 0 Å². The van der Waals surface area contributed by atoms with E-state index in [1.807, 2.05) is 16.8 Å². The second kappa shape index (κ2) is 7.07. The largest absolute Gasteiger partial charge is 0.342 e. The normalized spacial score (nSPS) is 17.9. The van der Waals surface area contributed by atoms with Crippen LogP contribution in [0.5, 0.6) is 0 Å². The maximum atomic E-state index is 11.9. The molecule has 0 spiro atoms. The van der Waals surface area contributed by atoms with Crippen LogP contribution < -0.4 is 0 Å². The predicted octanol–water partition coefficient (Wildman–Crippen LogP) is 1.56. The van der Waals surface area contributed by atoms with Gasteiger partial charge in [0.15, 0.2) is 0 Å². The minimum atomic E-state index is 0.254. The molecule has 0 radical (unpaired) electrons. The Kier molecular flexibility index (Phi) is 6.03. The van der Waals surface area contributed by atoms with Crippen molar-refractivity contribution in [3.63, 3.8) is 0 Å². The van der Waals surface area contributed by atoms with Crippen LogP contribution in [0.3, 0.4) is 0 Å². The minimum absolute atomic E-state index is 0.254. The molecule has 0 aliphatic carbocycles. The van der Waals surface area contributed by atoms with Crippen LogP contribution in [0.25, 0.3) is 0 Å². The van der Waals surface area contributed by atoms with E-state index in [1.54, 1.807) is 0 Å². The Labute approximate surface area is 97.4 Å². The van der Waals surface area contributed by atoms with Crippen LogP contribution in [-0.4, -0.2) is 54.8 Å². The second-order valence-corrected chi connectivity index (χ2v) is 4.60. The van der Waals surface area contributed by atoms with E-state index in [2.05, 4.69) is 0 Å². The summed E-state index contributed by atoms with van der Waals surface area (Å²) < 4.78 is 0. The van der Waals surface area contributed by atoms with E-state index in [-0.39, 0.29) is 5.91 Å². The van der Waals surface area contributed by atoms with E-state index in [4.69, 9.17) is 11.6 Å². The highest BCUT2D eigenvalue weighted by Gasteiger charge is 2.16. The zero-order chi connectivity index (χ0) is 11.1. The first kappa shape index (κ1) is 12.8. The van der Waals surface area contributed by atoms with Crippen molar-refractivity contribution >= 4 is 17.5 Å². The number of carbonyl (C=O) groups excluding carboxylic acids is 1. The number of likely N-dealkylation sites (tertiary alicyclic amines) is 1. The van der Waals surface area contributed by atoms with Crippen molar-refractivity contribution in [1.29, 1.82) is 0 Å². The molecule has 1 heterocycles. The van der Waals surface area contributed by atoms with Gasteiger partial charge in [0.05, 0.1) is 6.54 Å². The molecular weight excluding hydrogens is 212 g/mol. The lowest BCUT2D eigenvalue weighted by Crippen LogP contribution is -2.40. The summed E-state index contributed by atoms with van der Waals surface area (Å²) in [6, 6.07) is 0. The van der Waals surface area contributed by atoms with E-state index in [0.717, 1.165) is 32.5 Å². The summed E-state index contributed by atoms with van der Waals surface area (Å²) in [6.07, 6.45) is 4.85. The molecule has 1 aliphatic heterocycles. The van der Waals surface area contributed by atoms with Crippen molar-refractivity contribution in [1.82, 2.24) is 9.80 Å². The fourth-order valence-electron chi connectivity index (χ4n) is 1.87. The molecule has 0 atom stereocenters. The quantitative estimate of drug-likeness (QED) is 0.687. The molecule has 88 valence electrons. The van der Waals surface area contributed by atoms with Gasteiger partial charge in [0.1, 0.15) is 0 Å². The molecule has 1 amide bonds. The highest BCUT2D eigenvalue weighted by molar-refractivity contribution is 6.18. The Hall–Kier alpha value is -0.280. The number of rotatable bonds is 4. The molecule has 4 heteroatoms. The van der Waals surface area contributed by atoms with Crippen molar-refractivity contribution in [3.8, 4) is 0 Å². The van der Waals surface area contributed by atoms with Gasteiger partial charge in [-0.1, -0.05) is 12.8 Å². The van der Waals surface area contributed by atoms with Gasteiger partial charge in [-0.15, -0.1) is 11.6 Å². The van der Waals surface area contributed by atoms with Gasteiger partial charge in [-0.25, -0.2) is 0 Å². The Bertz CT molecular complexity index is 191. The fraction of sp³-hybridized carbons (Fsp3) is 0.909. The highest BCUT2D eigenvalue weighted by atomic mass is 35.5. The molecule has 0 aromatic heterocycles. The Balaban J connectivity index is 2.30. The molecule has 15 heavy (non-hydrogen) atoms. The summed E-state index contributed by atoms with van der Waals surface area (Å²) in [5, 5.41) is 0. The fourth-order valence-corrected chi connectivity index (χ4v) is 2.16. The zero-order valence-corrected chi connectivity index (χ0v) is 10.3. The predicted molar refractivity (Wildman–Crippen MR) is 63.3 cm³/mol. The number of carbonyl (C=O) groups is 1. The zero-order valence-electron chi connectivity index (χ0n) is 9.54. The molecule has 1 aliphatic rings. The van der Waals surface area contributed by atoms with Gasteiger partial charge in [-0.05, 0) is 19.9 Å². The number of alkyl halides is 1. The highest BCUT2D eigenvalue weighted by Crippen LogP contribution is 2.09. The van der Waals surface area contributed by atoms with Crippen LogP contribution >= 0.6 is 11.6 Å². The molecule has 1 saturated heterocycles. The van der Waals surface area contributed by atoms with E-state index < -0.39 is 0 Å². The lowest BCUT2D eigenvalue weighted by molar-refractivity contribution is -0.132. The van der Waals surface area contributed by atoms with Crippen LogP contribution in [0.2, 0.25) is 0 Å². The van der Waals surface area contributed by atoms with Crippen molar-refractivity contribution in [2.45, 2.75) is 25.7 Å². The smallest absolute Gasteiger partial charge is 0.236 e. The molecule has 0 aromatic carbocycles.